The molecule has 1 atom stereocenters. The van der Waals surface area contributed by atoms with Gasteiger partial charge in [0, 0.05) is 27.1 Å². The summed E-state index contributed by atoms with van der Waals surface area (Å²) in [4.78, 5) is 13.8. The molecule has 0 bridgehead atoms. The first-order valence-electron chi connectivity index (χ1n) is 5.58. The van der Waals surface area contributed by atoms with Gasteiger partial charge in [-0.05, 0) is 0 Å². The van der Waals surface area contributed by atoms with E-state index in [1.807, 2.05) is 19.0 Å². The van der Waals surface area contributed by atoms with Crippen LogP contribution in [0.25, 0.3) is 0 Å². The van der Waals surface area contributed by atoms with Crippen molar-refractivity contribution in [1.29, 1.82) is 0 Å². The number of imidazole rings is 1. The molecule has 2 aromatic rings. The Morgan fingerprint density at radius 3 is 3.06 bits per heavy atom. The van der Waals surface area contributed by atoms with Gasteiger partial charge in [-0.1, -0.05) is 0 Å². The van der Waals surface area contributed by atoms with Gasteiger partial charge in [0.05, 0.1) is 23.8 Å². The number of hydrogen-bond acceptors (Lipinski definition) is 5. The van der Waals surface area contributed by atoms with Crippen LogP contribution in [0.1, 0.15) is 23.3 Å². The molecule has 0 fully saturated rings. The Bertz CT molecular complexity index is 512. The number of nitrogens with zero attached hydrogens (tertiary/aromatic N) is 4. The van der Waals surface area contributed by atoms with Gasteiger partial charge in [-0.25, -0.2) is 4.98 Å². The maximum atomic E-state index is 4.45. The van der Waals surface area contributed by atoms with Crippen molar-refractivity contribution in [2.24, 2.45) is 0 Å². The molecule has 0 saturated heterocycles. The minimum atomic E-state index is 0.159. The number of anilines is 1. The highest BCUT2D eigenvalue weighted by atomic mass is 15.3. The highest BCUT2D eigenvalue weighted by Crippen LogP contribution is 2.22. The number of aromatic amines is 2. The second-order valence-electron chi connectivity index (χ2n) is 4.38. The Labute approximate surface area is 98.7 Å². The molecule has 0 radical (unpaired) electrons. The molecule has 7 nitrogen and oxygen atoms in total. The van der Waals surface area contributed by atoms with Crippen LogP contribution in [-0.2, 0) is 13.0 Å². The summed E-state index contributed by atoms with van der Waals surface area (Å²) in [7, 11) is 3.85. The van der Waals surface area contributed by atoms with Crippen molar-refractivity contribution in [2.45, 2.75) is 19.0 Å². The predicted octanol–water partition coefficient (Wildman–Crippen LogP) is -0.0192. The van der Waals surface area contributed by atoms with Gasteiger partial charge < -0.3 is 15.2 Å². The molecule has 0 saturated carbocycles. The summed E-state index contributed by atoms with van der Waals surface area (Å²) in [6, 6.07) is 0.159. The fourth-order valence-corrected chi connectivity index (χ4v) is 1.98. The predicted molar refractivity (Wildman–Crippen MR) is 62.6 cm³/mol. The average molecular weight is 233 g/mol. The lowest BCUT2D eigenvalue weighted by Gasteiger charge is -2.20. The Hall–Kier alpha value is -1.89. The molecule has 17 heavy (non-hydrogen) atoms. The van der Waals surface area contributed by atoms with E-state index in [1.165, 1.54) is 0 Å². The lowest BCUT2D eigenvalue weighted by Crippen LogP contribution is -2.29. The number of aromatic nitrogens is 5. The molecular formula is C10H15N7. The number of hydrogen-bond donors (Lipinski definition) is 3. The van der Waals surface area contributed by atoms with E-state index in [4.69, 9.17) is 0 Å². The van der Waals surface area contributed by atoms with Crippen LogP contribution >= 0.6 is 0 Å². The van der Waals surface area contributed by atoms with Gasteiger partial charge in [0.1, 0.15) is 5.82 Å². The van der Waals surface area contributed by atoms with E-state index >= 15 is 0 Å². The van der Waals surface area contributed by atoms with E-state index in [1.54, 1.807) is 6.33 Å². The summed E-state index contributed by atoms with van der Waals surface area (Å²) in [6.07, 6.45) is 2.57. The van der Waals surface area contributed by atoms with Crippen LogP contribution in [0.2, 0.25) is 0 Å². The fraction of sp³-hybridized carbons (Fsp3) is 0.500. The quantitative estimate of drug-likeness (QED) is 0.679. The van der Waals surface area contributed by atoms with Gasteiger partial charge in [-0.2, -0.15) is 4.98 Å². The number of rotatable bonds is 2. The van der Waals surface area contributed by atoms with Crippen LogP contribution in [0.5, 0.6) is 0 Å². The largest absolute Gasteiger partial charge is 0.347 e. The second-order valence-corrected chi connectivity index (χ2v) is 4.38. The molecule has 1 aliphatic rings. The summed E-state index contributed by atoms with van der Waals surface area (Å²) >= 11 is 0. The summed E-state index contributed by atoms with van der Waals surface area (Å²) in [5.41, 5.74) is 2.27. The third-order valence-corrected chi connectivity index (χ3v) is 2.95. The molecule has 0 spiro atoms. The third kappa shape index (κ3) is 1.78. The molecular weight excluding hydrogens is 218 g/mol. The van der Waals surface area contributed by atoms with Crippen molar-refractivity contribution in [2.75, 3.05) is 19.0 Å². The molecule has 0 amide bonds. The molecule has 0 aromatic carbocycles. The SMILES string of the molecule is CN(C)c1n[nH]c(C2Cc3nc[nH]c3CN2)n1. The Morgan fingerprint density at radius 1 is 1.41 bits per heavy atom. The lowest BCUT2D eigenvalue weighted by molar-refractivity contribution is 0.469. The fourth-order valence-electron chi connectivity index (χ4n) is 1.98. The van der Waals surface area contributed by atoms with Crippen LogP contribution in [0.3, 0.4) is 0 Å². The monoisotopic (exact) mass is 233 g/mol. The molecule has 1 aliphatic heterocycles. The van der Waals surface area contributed by atoms with Gasteiger partial charge in [-0.3, -0.25) is 5.10 Å². The Morgan fingerprint density at radius 2 is 2.29 bits per heavy atom. The molecule has 90 valence electrons. The summed E-state index contributed by atoms with van der Waals surface area (Å²) in [6.45, 7) is 0.790. The summed E-state index contributed by atoms with van der Waals surface area (Å²) < 4.78 is 0. The van der Waals surface area contributed by atoms with Crippen molar-refractivity contribution >= 4 is 5.95 Å². The first-order valence-corrected chi connectivity index (χ1v) is 5.58. The van der Waals surface area contributed by atoms with Crippen LogP contribution in [0.15, 0.2) is 6.33 Å². The maximum Gasteiger partial charge on any atom is 0.244 e. The van der Waals surface area contributed by atoms with Crippen LogP contribution in [-0.4, -0.2) is 39.2 Å². The molecule has 3 N–H and O–H groups in total. The van der Waals surface area contributed by atoms with Gasteiger partial charge in [0.15, 0.2) is 0 Å². The van der Waals surface area contributed by atoms with E-state index in [-0.39, 0.29) is 6.04 Å². The standard InChI is InChI=1S/C10H15N7/c1-17(2)10-14-9(15-16-10)7-3-6-8(4-11-7)13-5-12-6/h5,7,11H,3-4H2,1-2H3,(H,12,13)(H,14,15,16). The zero-order valence-electron chi connectivity index (χ0n) is 9.86. The minimum Gasteiger partial charge on any atom is -0.347 e. The Kier molecular flexibility index (Phi) is 2.32. The lowest BCUT2D eigenvalue weighted by atomic mass is 10.1. The highest BCUT2D eigenvalue weighted by Gasteiger charge is 2.24. The average Bonchev–Trinajstić information content (AvgIpc) is 2.97. The Balaban J connectivity index is 1.82. The number of H-pyrrole nitrogens is 2. The summed E-state index contributed by atoms with van der Waals surface area (Å²) in [5, 5.41) is 10.5. The highest BCUT2D eigenvalue weighted by molar-refractivity contribution is 5.27. The van der Waals surface area contributed by atoms with E-state index in [9.17, 15) is 0 Å². The minimum absolute atomic E-state index is 0.159. The van der Waals surface area contributed by atoms with Crippen molar-refractivity contribution < 1.29 is 0 Å². The molecule has 3 rings (SSSR count). The summed E-state index contributed by atoms with van der Waals surface area (Å²) in [5.74, 6) is 1.57. The molecule has 1 unspecified atom stereocenters. The third-order valence-electron chi connectivity index (χ3n) is 2.95. The van der Waals surface area contributed by atoms with E-state index in [2.05, 4.69) is 30.5 Å². The van der Waals surface area contributed by atoms with Crippen molar-refractivity contribution in [3.8, 4) is 0 Å². The first kappa shape index (κ1) is 10.3. The second kappa shape index (κ2) is 3.85. The first-order chi connectivity index (χ1) is 8.24. The van der Waals surface area contributed by atoms with Gasteiger partial charge in [-0.15, -0.1) is 5.10 Å². The van der Waals surface area contributed by atoms with Crippen LogP contribution in [0, 0.1) is 0 Å². The molecule has 0 aliphatic carbocycles. The molecule has 7 heteroatoms. The smallest absolute Gasteiger partial charge is 0.244 e. The normalized spacial score (nSPS) is 19.1. The van der Waals surface area contributed by atoms with Crippen molar-refractivity contribution in [1.82, 2.24) is 30.5 Å². The molecule has 3 heterocycles. The topological polar surface area (TPSA) is 85.5 Å². The van der Waals surface area contributed by atoms with Gasteiger partial charge >= 0.3 is 0 Å². The molecule has 2 aromatic heterocycles. The van der Waals surface area contributed by atoms with E-state index in [0.29, 0.717) is 5.95 Å². The van der Waals surface area contributed by atoms with E-state index < -0.39 is 0 Å². The van der Waals surface area contributed by atoms with Gasteiger partial charge in [0.2, 0.25) is 5.95 Å². The van der Waals surface area contributed by atoms with Crippen molar-refractivity contribution in [3.05, 3.63) is 23.5 Å². The zero-order valence-corrected chi connectivity index (χ0v) is 9.86. The zero-order chi connectivity index (χ0) is 11.8. The number of nitrogens with one attached hydrogen (secondary N) is 3. The van der Waals surface area contributed by atoms with Gasteiger partial charge in [0.25, 0.3) is 0 Å². The number of fused-ring (bicyclic) bond motifs is 1. The maximum absolute atomic E-state index is 4.45. The van der Waals surface area contributed by atoms with Crippen LogP contribution < -0.4 is 10.2 Å². The van der Waals surface area contributed by atoms with Crippen molar-refractivity contribution in [3.63, 3.8) is 0 Å². The van der Waals surface area contributed by atoms with E-state index in [0.717, 1.165) is 30.2 Å². The van der Waals surface area contributed by atoms with Crippen LogP contribution in [0.4, 0.5) is 5.95 Å².